The van der Waals surface area contributed by atoms with Crippen LogP contribution in [-0.4, -0.2) is 16.8 Å². The van der Waals surface area contributed by atoms with E-state index >= 15 is 0 Å². The van der Waals surface area contributed by atoms with E-state index in [2.05, 4.69) is 24.4 Å². The minimum absolute atomic E-state index is 0.144. The Hall–Kier alpha value is 0.140. The molecule has 2 N–H and O–H groups in total. The Balaban J connectivity index is 3.16. The summed E-state index contributed by atoms with van der Waals surface area (Å²) in [5.41, 5.74) is 5.50. The summed E-state index contributed by atoms with van der Waals surface area (Å²) in [7, 11) is 0. The highest BCUT2D eigenvalue weighted by atomic mass is 32.1. The summed E-state index contributed by atoms with van der Waals surface area (Å²) in [6.45, 7) is 0. The molecule has 0 saturated carbocycles. The molecule has 1 nitrogen and oxygen atoms in total. The highest BCUT2D eigenvalue weighted by molar-refractivity contribution is 7.79. The van der Waals surface area contributed by atoms with E-state index in [-0.39, 0.29) is 6.04 Å². The monoisotopic (exact) mass is 147 g/mol. The average molecular weight is 147 g/mol. The molecule has 3 heteroatoms. The van der Waals surface area contributed by atoms with Gasteiger partial charge in [-0.25, -0.2) is 0 Å². The Kier molecular flexibility index (Phi) is 5.37. The number of thiocarbonyl (C=S) groups is 2. The van der Waals surface area contributed by atoms with E-state index in [4.69, 9.17) is 5.73 Å². The van der Waals surface area contributed by atoms with Crippen LogP contribution in [0.5, 0.6) is 0 Å². The first-order valence-electron chi connectivity index (χ1n) is 2.44. The van der Waals surface area contributed by atoms with Gasteiger partial charge in [0.2, 0.25) is 0 Å². The molecule has 0 spiro atoms. The third kappa shape index (κ3) is 4.30. The van der Waals surface area contributed by atoms with Gasteiger partial charge in [-0.15, -0.1) is 0 Å². The van der Waals surface area contributed by atoms with Gasteiger partial charge in [-0.1, -0.05) is 24.4 Å². The fraction of sp³-hybridized carbons (Fsp3) is 0.600. The van der Waals surface area contributed by atoms with Gasteiger partial charge in [0.15, 0.2) is 0 Å². The van der Waals surface area contributed by atoms with Crippen LogP contribution in [-0.2, 0) is 0 Å². The highest BCUT2D eigenvalue weighted by Gasteiger charge is 1.94. The number of rotatable bonds is 4. The van der Waals surface area contributed by atoms with Gasteiger partial charge >= 0.3 is 0 Å². The molecule has 0 radical (unpaired) electrons. The fourth-order valence-corrected chi connectivity index (χ4v) is 0.838. The largest absolute Gasteiger partial charge is 0.327 e. The summed E-state index contributed by atoms with van der Waals surface area (Å²) in [6, 6.07) is 0.144. The molecule has 0 aromatic carbocycles. The molecule has 0 aromatic heterocycles. The summed E-state index contributed by atoms with van der Waals surface area (Å²) < 4.78 is 0. The molecule has 0 aliphatic heterocycles. The molecule has 0 aromatic rings. The van der Waals surface area contributed by atoms with Gasteiger partial charge in [-0.05, 0) is 23.6 Å². The fourth-order valence-electron chi connectivity index (χ4n) is 0.343. The van der Waals surface area contributed by atoms with Crippen molar-refractivity contribution in [3.8, 4) is 0 Å². The van der Waals surface area contributed by atoms with Crippen LogP contribution in [0.1, 0.15) is 12.8 Å². The lowest BCUT2D eigenvalue weighted by Crippen LogP contribution is -2.19. The van der Waals surface area contributed by atoms with Gasteiger partial charge in [-0.3, -0.25) is 0 Å². The van der Waals surface area contributed by atoms with Crippen LogP contribution in [0.2, 0.25) is 0 Å². The molecule has 0 amide bonds. The highest BCUT2D eigenvalue weighted by Crippen LogP contribution is 1.88. The number of hydrogen-bond donors (Lipinski definition) is 1. The minimum atomic E-state index is 0.144. The Labute approximate surface area is 60.3 Å². The van der Waals surface area contributed by atoms with E-state index in [9.17, 15) is 0 Å². The van der Waals surface area contributed by atoms with Crippen molar-refractivity contribution in [1.82, 2.24) is 0 Å². The molecule has 0 aliphatic rings. The zero-order valence-corrected chi connectivity index (χ0v) is 6.17. The smallest absolute Gasteiger partial charge is 0.0124 e. The lowest BCUT2D eigenvalue weighted by Gasteiger charge is -2.00. The molecule has 0 heterocycles. The maximum absolute atomic E-state index is 5.50. The second-order valence-electron chi connectivity index (χ2n) is 1.56. The van der Waals surface area contributed by atoms with Crippen molar-refractivity contribution < 1.29 is 0 Å². The van der Waals surface area contributed by atoms with E-state index in [1.54, 1.807) is 10.7 Å². The van der Waals surface area contributed by atoms with Crippen molar-refractivity contribution in [2.24, 2.45) is 5.73 Å². The topological polar surface area (TPSA) is 26.0 Å². The Bertz CT molecular complexity index is 72.5. The van der Waals surface area contributed by atoms with Crippen LogP contribution in [0.25, 0.3) is 0 Å². The Morgan fingerprint density at radius 3 is 1.88 bits per heavy atom. The first-order chi connectivity index (χ1) is 3.81. The Morgan fingerprint density at radius 2 is 1.62 bits per heavy atom. The Morgan fingerprint density at radius 1 is 1.25 bits per heavy atom. The third-order valence-corrected chi connectivity index (χ3v) is 1.18. The average Bonchev–Trinajstić information content (AvgIpc) is 1.68. The van der Waals surface area contributed by atoms with Crippen LogP contribution >= 0.6 is 24.4 Å². The van der Waals surface area contributed by atoms with Crippen LogP contribution < -0.4 is 5.73 Å². The van der Waals surface area contributed by atoms with Crippen molar-refractivity contribution in [2.45, 2.75) is 18.9 Å². The first-order valence-corrected chi connectivity index (χ1v) is 3.38. The van der Waals surface area contributed by atoms with Crippen LogP contribution in [0, 0.1) is 0 Å². The molecule has 0 fully saturated rings. The van der Waals surface area contributed by atoms with Gasteiger partial charge in [0.1, 0.15) is 0 Å². The summed E-state index contributed by atoms with van der Waals surface area (Å²) in [4.78, 5) is 0. The second kappa shape index (κ2) is 5.28. The van der Waals surface area contributed by atoms with Gasteiger partial charge in [0.05, 0.1) is 0 Å². The van der Waals surface area contributed by atoms with Crippen LogP contribution in [0.15, 0.2) is 0 Å². The SMILES string of the molecule is NC(CC=S)CC=S. The quantitative estimate of drug-likeness (QED) is 0.603. The minimum Gasteiger partial charge on any atom is -0.327 e. The first kappa shape index (κ1) is 8.14. The maximum atomic E-state index is 5.50. The van der Waals surface area contributed by atoms with Gasteiger partial charge < -0.3 is 5.73 Å². The predicted octanol–water partition coefficient (Wildman–Crippen LogP) is 1.09. The van der Waals surface area contributed by atoms with Crippen LogP contribution in [0.4, 0.5) is 0 Å². The van der Waals surface area contributed by atoms with Gasteiger partial charge in [0.25, 0.3) is 0 Å². The van der Waals surface area contributed by atoms with E-state index in [0.717, 1.165) is 12.8 Å². The predicted molar refractivity (Wildman–Crippen MR) is 44.5 cm³/mol. The van der Waals surface area contributed by atoms with Gasteiger partial charge in [0, 0.05) is 6.04 Å². The van der Waals surface area contributed by atoms with Crippen LogP contribution in [0.3, 0.4) is 0 Å². The zero-order chi connectivity index (χ0) is 6.41. The molecule has 46 valence electrons. The second-order valence-corrected chi connectivity index (χ2v) is 2.23. The zero-order valence-electron chi connectivity index (χ0n) is 4.54. The van der Waals surface area contributed by atoms with Gasteiger partial charge in [-0.2, -0.15) is 0 Å². The molecule has 0 bridgehead atoms. The van der Waals surface area contributed by atoms with Crippen molar-refractivity contribution in [3.63, 3.8) is 0 Å². The molecule has 0 saturated heterocycles. The van der Waals surface area contributed by atoms with Crippen molar-refractivity contribution in [2.75, 3.05) is 0 Å². The van der Waals surface area contributed by atoms with E-state index in [1.807, 2.05) is 0 Å². The maximum Gasteiger partial charge on any atom is 0.0124 e. The third-order valence-electron chi connectivity index (χ3n) is 0.798. The molecular weight excluding hydrogens is 138 g/mol. The number of hydrogen-bond acceptors (Lipinski definition) is 3. The molecule has 0 aliphatic carbocycles. The van der Waals surface area contributed by atoms with Crippen molar-refractivity contribution in [1.29, 1.82) is 0 Å². The summed E-state index contributed by atoms with van der Waals surface area (Å²) in [6.07, 6.45) is 1.56. The summed E-state index contributed by atoms with van der Waals surface area (Å²) in [5, 5.41) is 3.28. The van der Waals surface area contributed by atoms with Crippen molar-refractivity contribution >= 4 is 35.2 Å². The van der Waals surface area contributed by atoms with Crippen molar-refractivity contribution in [3.05, 3.63) is 0 Å². The van der Waals surface area contributed by atoms with E-state index < -0.39 is 0 Å². The normalized spacial score (nSPS) is 9.25. The number of nitrogens with two attached hydrogens (primary N) is 1. The molecule has 0 rings (SSSR count). The molecule has 8 heavy (non-hydrogen) atoms. The lowest BCUT2D eigenvalue weighted by atomic mass is 10.2. The van der Waals surface area contributed by atoms with E-state index in [1.165, 1.54) is 0 Å². The molecular formula is C5H9NS2. The van der Waals surface area contributed by atoms with E-state index in [0.29, 0.717) is 0 Å². The summed E-state index contributed by atoms with van der Waals surface area (Å²) >= 11 is 9.18. The summed E-state index contributed by atoms with van der Waals surface area (Å²) in [5.74, 6) is 0. The molecule has 0 atom stereocenters. The lowest BCUT2D eigenvalue weighted by molar-refractivity contribution is 0.750. The molecule has 0 unspecified atom stereocenters. The standard InChI is InChI=1S/C5H9NS2/c6-5(1-3-7)2-4-8/h3-5H,1-2,6H2.